The van der Waals surface area contributed by atoms with Crippen LogP contribution in [0.25, 0.3) is 0 Å². The molecule has 0 heterocycles. The van der Waals surface area contributed by atoms with Crippen LogP contribution in [0.15, 0.2) is 22.7 Å². The Labute approximate surface area is 119 Å². The van der Waals surface area contributed by atoms with Gasteiger partial charge < -0.3 is 5.32 Å². The largest absolute Gasteiger partial charge is 0.349 e. The first-order valence-electron chi connectivity index (χ1n) is 5.93. The second-order valence-corrected chi connectivity index (χ2v) is 5.72. The summed E-state index contributed by atoms with van der Waals surface area (Å²) in [5, 5.41) is 2.94. The molecule has 1 saturated carbocycles. The molecule has 5 heteroatoms. The minimum absolute atomic E-state index is 0.113. The van der Waals surface area contributed by atoms with Gasteiger partial charge in [-0.2, -0.15) is 0 Å². The quantitative estimate of drug-likeness (QED) is 0.839. The van der Waals surface area contributed by atoms with E-state index in [1.165, 1.54) is 12.1 Å². The van der Waals surface area contributed by atoms with Crippen LogP contribution in [0.3, 0.4) is 0 Å². The average Bonchev–Trinajstić information content (AvgIpc) is 2.79. The SMILES string of the molecule is O=C(NC1CCCC1CCl)c1ccc(Br)c(F)c1. The standard InChI is InChI=1S/C13H14BrClFNO/c14-10-5-4-8(6-11(10)16)13(18)17-12-3-1-2-9(12)7-15/h4-6,9,12H,1-3,7H2,(H,17,18). The highest BCUT2D eigenvalue weighted by atomic mass is 79.9. The second kappa shape index (κ2) is 6.02. The van der Waals surface area contributed by atoms with Gasteiger partial charge in [0.15, 0.2) is 0 Å². The van der Waals surface area contributed by atoms with Crippen molar-refractivity contribution in [2.45, 2.75) is 25.3 Å². The van der Waals surface area contributed by atoms with Crippen molar-refractivity contribution < 1.29 is 9.18 Å². The molecule has 1 aromatic carbocycles. The van der Waals surface area contributed by atoms with Crippen LogP contribution in [0, 0.1) is 11.7 Å². The minimum atomic E-state index is -0.428. The number of nitrogens with one attached hydrogen (secondary N) is 1. The lowest BCUT2D eigenvalue weighted by molar-refractivity contribution is 0.0929. The highest BCUT2D eigenvalue weighted by Crippen LogP contribution is 2.27. The van der Waals surface area contributed by atoms with E-state index < -0.39 is 5.82 Å². The molecule has 0 radical (unpaired) electrons. The van der Waals surface area contributed by atoms with Crippen molar-refractivity contribution >= 4 is 33.4 Å². The second-order valence-electron chi connectivity index (χ2n) is 4.55. The van der Waals surface area contributed by atoms with Gasteiger partial charge in [-0.05, 0) is 52.9 Å². The Balaban J connectivity index is 2.05. The fourth-order valence-corrected chi connectivity index (χ4v) is 2.92. The molecule has 1 N–H and O–H groups in total. The summed E-state index contributed by atoms with van der Waals surface area (Å²) >= 11 is 8.92. The molecular weight excluding hydrogens is 321 g/mol. The van der Waals surface area contributed by atoms with Crippen LogP contribution in [0.4, 0.5) is 4.39 Å². The van der Waals surface area contributed by atoms with Gasteiger partial charge in [-0.1, -0.05) is 6.42 Å². The van der Waals surface area contributed by atoms with Gasteiger partial charge in [-0.15, -0.1) is 11.6 Å². The summed E-state index contributed by atoms with van der Waals surface area (Å²) in [4.78, 5) is 12.0. The van der Waals surface area contributed by atoms with E-state index in [1.54, 1.807) is 6.07 Å². The van der Waals surface area contributed by atoms with E-state index in [-0.39, 0.29) is 11.9 Å². The zero-order valence-corrected chi connectivity index (χ0v) is 12.1. The van der Waals surface area contributed by atoms with Crippen molar-refractivity contribution in [1.29, 1.82) is 0 Å². The molecular formula is C13H14BrClFNO. The van der Waals surface area contributed by atoms with Crippen LogP contribution in [0.5, 0.6) is 0 Å². The molecule has 1 aliphatic rings. The Hall–Kier alpha value is -0.610. The Kier molecular flexibility index (Phi) is 4.62. The third kappa shape index (κ3) is 3.04. The summed E-state index contributed by atoms with van der Waals surface area (Å²) in [7, 11) is 0. The van der Waals surface area contributed by atoms with Crippen LogP contribution < -0.4 is 5.32 Å². The highest BCUT2D eigenvalue weighted by Gasteiger charge is 2.28. The number of benzene rings is 1. The maximum atomic E-state index is 13.3. The fraction of sp³-hybridized carbons (Fsp3) is 0.462. The van der Waals surface area contributed by atoms with Gasteiger partial charge in [-0.25, -0.2) is 4.39 Å². The summed E-state index contributed by atoms with van der Waals surface area (Å²) in [6.45, 7) is 0. The Morgan fingerprint density at radius 1 is 1.50 bits per heavy atom. The summed E-state index contributed by atoms with van der Waals surface area (Å²) < 4.78 is 13.7. The Morgan fingerprint density at radius 2 is 2.28 bits per heavy atom. The molecule has 1 fully saturated rings. The lowest BCUT2D eigenvalue weighted by atomic mass is 10.1. The van der Waals surface area contributed by atoms with Crippen molar-refractivity contribution in [3.8, 4) is 0 Å². The molecule has 1 amide bonds. The molecule has 98 valence electrons. The smallest absolute Gasteiger partial charge is 0.251 e. The van der Waals surface area contributed by atoms with Crippen molar-refractivity contribution in [3.63, 3.8) is 0 Å². The lowest BCUT2D eigenvalue weighted by Gasteiger charge is -2.18. The molecule has 18 heavy (non-hydrogen) atoms. The minimum Gasteiger partial charge on any atom is -0.349 e. The van der Waals surface area contributed by atoms with E-state index in [4.69, 9.17) is 11.6 Å². The third-order valence-electron chi connectivity index (χ3n) is 3.36. The summed E-state index contributed by atoms with van der Waals surface area (Å²) in [5.74, 6) is 0.224. The molecule has 0 aromatic heterocycles. The highest BCUT2D eigenvalue weighted by molar-refractivity contribution is 9.10. The van der Waals surface area contributed by atoms with Gasteiger partial charge in [-0.3, -0.25) is 4.79 Å². The molecule has 0 spiro atoms. The third-order valence-corrected chi connectivity index (χ3v) is 4.40. The number of amides is 1. The first-order chi connectivity index (χ1) is 8.61. The number of alkyl halides is 1. The predicted molar refractivity (Wildman–Crippen MR) is 73.4 cm³/mol. The molecule has 2 unspecified atom stereocenters. The van der Waals surface area contributed by atoms with Gasteiger partial charge >= 0.3 is 0 Å². The number of halogens is 3. The Bertz CT molecular complexity index is 455. The van der Waals surface area contributed by atoms with E-state index >= 15 is 0 Å². The molecule has 0 aliphatic heterocycles. The maximum absolute atomic E-state index is 13.3. The Morgan fingerprint density at radius 3 is 2.94 bits per heavy atom. The van der Waals surface area contributed by atoms with Crippen molar-refractivity contribution in [3.05, 3.63) is 34.1 Å². The monoisotopic (exact) mass is 333 g/mol. The van der Waals surface area contributed by atoms with E-state index in [1.807, 2.05) is 0 Å². The maximum Gasteiger partial charge on any atom is 0.251 e. The number of rotatable bonds is 3. The molecule has 0 bridgehead atoms. The predicted octanol–water partition coefficient (Wildman–Crippen LogP) is 3.73. The lowest BCUT2D eigenvalue weighted by Crippen LogP contribution is -2.37. The van der Waals surface area contributed by atoms with Crippen molar-refractivity contribution in [1.82, 2.24) is 5.32 Å². The number of hydrogen-bond acceptors (Lipinski definition) is 1. The van der Waals surface area contributed by atoms with Gasteiger partial charge in [0.1, 0.15) is 5.82 Å². The van der Waals surface area contributed by atoms with E-state index in [0.29, 0.717) is 21.8 Å². The topological polar surface area (TPSA) is 29.1 Å². The molecule has 2 atom stereocenters. The number of hydrogen-bond donors (Lipinski definition) is 1. The van der Waals surface area contributed by atoms with Crippen LogP contribution in [0.2, 0.25) is 0 Å². The summed E-state index contributed by atoms with van der Waals surface area (Å²) in [5.41, 5.74) is 0.343. The first-order valence-corrected chi connectivity index (χ1v) is 7.26. The number of carbonyl (C=O) groups is 1. The molecule has 0 saturated heterocycles. The van der Waals surface area contributed by atoms with E-state index in [2.05, 4.69) is 21.2 Å². The van der Waals surface area contributed by atoms with Crippen LogP contribution in [-0.4, -0.2) is 17.8 Å². The van der Waals surface area contributed by atoms with E-state index in [0.717, 1.165) is 19.3 Å². The van der Waals surface area contributed by atoms with Crippen LogP contribution >= 0.6 is 27.5 Å². The van der Waals surface area contributed by atoms with Crippen LogP contribution in [-0.2, 0) is 0 Å². The first kappa shape index (κ1) is 13.8. The van der Waals surface area contributed by atoms with Gasteiger partial charge in [0, 0.05) is 17.5 Å². The zero-order chi connectivity index (χ0) is 13.1. The van der Waals surface area contributed by atoms with Gasteiger partial charge in [0.05, 0.1) is 4.47 Å². The van der Waals surface area contributed by atoms with Crippen LogP contribution in [0.1, 0.15) is 29.6 Å². The fourth-order valence-electron chi connectivity index (χ4n) is 2.30. The molecule has 1 aliphatic carbocycles. The molecule has 2 rings (SSSR count). The normalized spacial score (nSPS) is 23.1. The summed E-state index contributed by atoms with van der Waals surface area (Å²) in [6.07, 6.45) is 3.07. The molecule has 1 aromatic rings. The van der Waals surface area contributed by atoms with Crippen molar-refractivity contribution in [2.75, 3.05) is 5.88 Å². The molecule has 2 nitrogen and oxygen atoms in total. The summed E-state index contributed by atoms with van der Waals surface area (Å²) in [6, 6.07) is 4.50. The van der Waals surface area contributed by atoms with Gasteiger partial charge in [0.2, 0.25) is 0 Å². The van der Waals surface area contributed by atoms with Gasteiger partial charge in [0.25, 0.3) is 5.91 Å². The van der Waals surface area contributed by atoms with Crippen molar-refractivity contribution in [2.24, 2.45) is 5.92 Å². The van der Waals surface area contributed by atoms with E-state index in [9.17, 15) is 9.18 Å². The zero-order valence-electron chi connectivity index (χ0n) is 9.76. The average molecular weight is 335 g/mol. The number of carbonyl (C=O) groups excluding carboxylic acids is 1.